The van der Waals surface area contributed by atoms with Gasteiger partial charge in [-0.3, -0.25) is 4.90 Å². The summed E-state index contributed by atoms with van der Waals surface area (Å²) in [5, 5.41) is 0.111. The van der Waals surface area contributed by atoms with E-state index in [2.05, 4.69) is 4.72 Å². The lowest BCUT2D eigenvalue weighted by atomic mass is 9.98. The Kier molecular flexibility index (Phi) is 6.00. The third kappa shape index (κ3) is 4.90. The highest BCUT2D eigenvalue weighted by molar-refractivity contribution is 7.89. The molecule has 0 bridgehead atoms. The topological polar surface area (TPSA) is 79.0 Å². The van der Waals surface area contributed by atoms with E-state index in [1.807, 2.05) is 6.92 Å². The number of carbonyl (C=O) groups excluding carboxylic acids is 1. The van der Waals surface area contributed by atoms with Crippen molar-refractivity contribution in [3.8, 4) is 5.75 Å². The maximum Gasteiger partial charge on any atom is 0.422 e. The molecule has 2 aliphatic rings. The summed E-state index contributed by atoms with van der Waals surface area (Å²) in [7, 11) is -3.86. The zero-order chi connectivity index (χ0) is 24.0. The Labute approximate surface area is 194 Å². The molecule has 1 N–H and O–H groups in total. The van der Waals surface area contributed by atoms with Crippen LogP contribution in [0.1, 0.15) is 13.3 Å². The van der Waals surface area contributed by atoms with Gasteiger partial charge in [0, 0.05) is 18.3 Å². The molecule has 0 aliphatic carbocycles. The number of sulfonamides is 1. The molecular formula is C21H21ClF3N3O4S. The normalized spacial score (nSPS) is 23.2. The van der Waals surface area contributed by atoms with Gasteiger partial charge in [0.05, 0.1) is 17.1 Å². The fourth-order valence-corrected chi connectivity index (χ4v) is 6.02. The number of carbonyl (C=O) groups is 1. The first-order valence-corrected chi connectivity index (χ1v) is 11.9. The van der Waals surface area contributed by atoms with Gasteiger partial charge >= 0.3 is 12.2 Å². The van der Waals surface area contributed by atoms with Gasteiger partial charge in [0.25, 0.3) is 0 Å². The predicted octanol–water partition coefficient (Wildman–Crippen LogP) is 4.03. The molecule has 2 fully saturated rings. The highest BCUT2D eigenvalue weighted by atomic mass is 35.5. The second-order valence-electron chi connectivity index (χ2n) is 8.33. The summed E-state index contributed by atoms with van der Waals surface area (Å²) in [5.41, 5.74) is -0.0980. The molecule has 0 saturated carbocycles. The lowest BCUT2D eigenvalue weighted by Gasteiger charge is -2.24. The van der Waals surface area contributed by atoms with E-state index in [0.29, 0.717) is 18.7 Å². The number of anilines is 1. The van der Waals surface area contributed by atoms with Gasteiger partial charge in [0.15, 0.2) is 6.61 Å². The summed E-state index contributed by atoms with van der Waals surface area (Å²) in [6, 6.07) is 11.1. The molecule has 0 aromatic heterocycles. The van der Waals surface area contributed by atoms with Gasteiger partial charge in [-0.15, -0.1) is 0 Å². The van der Waals surface area contributed by atoms with E-state index in [1.54, 1.807) is 17.0 Å². The highest BCUT2D eigenvalue weighted by Gasteiger charge is 2.53. The molecule has 7 nitrogen and oxygen atoms in total. The first-order chi connectivity index (χ1) is 15.4. The Balaban J connectivity index is 1.43. The standard InChI is InChI=1S/C21H21ClF3N3O4S/c1-20-10-14(26-33(30,31)18-5-3-2-4-17(18)22)11-28(20)19(29)27(12-20)15-6-8-16(9-7-15)32-13-21(23,24)25/h2-9,14,26H,10-13H2,1H3/t14-,20-/m1/s1. The molecule has 0 unspecified atom stereocenters. The Morgan fingerprint density at radius 2 is 1.85 bits per heavy atom. The first kappa shape index (κ1) is 23.7. The third-order valence-electron chi connectivity index (χ3n) is 5.70. The number of benzene rings is 2. The van der Waals surface area contributed by atoms with E-state index in [9.17, 15) is 26.4 Å². The highest BCUT2D eigenvalue weighted by Crippen LogP contribution is 2.39. The van der Waals surface area contributed by atoms with Crippen molar-refractivity contribution in [2.24, 2.45) is 0 Å². The number of nitrogens with zero attached hydrogens (tertiary/aromatic N) is 2. The summed E-state index contributed by atoms with van der Waals surface area (Å²) >= 11 is 6.03. The molecule has 2 heterocycles. The minimum absolute atomic E-state index is 0.0235. The van der Waals surface area contributed by atoms with E-state index in [-0.39, 0.29) is 28.2 Å². The van der Waals surface area contributed by atoms with E-state index in [1.165, 1.54) is 41.3 Å². The van der Waals surface area contributed by atoms with Gasteiger partial charge in [-0.1, -0.05) is 23.7 Å². The first-order valence-electron chi connectivity index (χ1n) is 10.0. The smallest absolute Gasteiger partial charge is 0.422 e. The molecule has 4 rings (SSSR count). The van der Waals surface area contributed by atoms with Crippen LogP contribution in [0.15, 0.2) is 53.4 Å². The fraction of sp³-hybridized carbons (Fsp3) is 0.381. The SMILES string of the molecule is C[C@]12C[C@@H](NS(=O)(=O)c3ccccc3Cl)CN1C(=O)N(c1ccc(OCC(F)(F)F)cc1)C2. The van der Waals surface area contributed by atoms with Crippen LogP contribution in [0.25, 0.3) is 0 Å². The Hall–Kier alpha value is -2.50. The monoisotopic (exact) mass is 503 g/mol. The second-order valence-corrected chi connectivity index (χ2v) is 10.4. The second kappa shape index (κ2) is 8.37. The number of rotatable bonds is 6. The van der Waals surface area contributed by atoms with Crippen molar-refractivity contribution in [3.05, 3.63) is 53.6 Å². The van der Waals surface area contributed by atoms with E-state index >= 15 is 0 Å². The number of alkyl halides is 3. The molecule has 2 aromatic rings. The number of ether oxygens (including phenoxy) is 1. The fourth-order valence-electron chi connectivity index (χ4n) is 4.27. The molecular weight excluding hydrogens is 483 g/mol. The summed E-state index contributed by atoms with van der Waals surface area (Å²) in [6.45, 7) is 0.961. The molecule has 2 saturated heterocycles. The van der Waals surface area contributed by atoms with Crippen LogP contribution >= 0.6 is 11.6 Å². The van der Waals surface area contributed by atoms with Gasteiger partial charge in [-0.25, -0.2) is 17.9 Å². The van der Waals surface area contributed by atoms with Crippen molar-refractivity contribution in [1.29, 1.82) is 0 Å². The maximum absolute atomic E-state index is 13.0. The molecule has 12 heteroatoms. The van der Waals surface area contributed by atoms with Gasteiger partial charge < -0.3 is 9.64 Å². The number of hydrogen-bond donors (Lipinski definition) is 1. The molecule has 0 spiro atoms. The molecule has 2 aromatic carbocycles. The quantitative estimate of drug-likeness (QED) is 0.645. The van der Waals surface area contributed by atoms with Crippen LogP contribution < -0.4 is 14.4 Å². The van der Waals surface area contributed by atoms with Crippen molar-refractivity contribution in [1.82, 2.24) is 9.62 Å². The van der Waals surface area contributed by atoms with E-state index in [0.717, 1.165) is 0 Å². The molecule has 2 aliphatic heterocycles. The Bertz CT molecular complexity index is 1160. The number of nitrogens with one attached hydrogen (secondary N) is 1. The van der Waals surface area contributed by atoms with Crippen molar-refractivity contribution in [3.63, 3.8) is 0 Å². The zero-order valence-electron chi connectivity index (χ0n) is 17.5. The van der Waals surface area contributed by atoms with Crippen LogP contribution in [0.2, 0.25) is 5.02 Å². The van der Waals surface area contributed by atoms with E-state index < -0.39 is 34.4 Å². The Morgan fingerprint density at radius 3 is 2.45 bits per heavy atom. The number of amides is 2. The Morgan fingerprint density at radius 1 is 1.18 bits per heavy atom. The predicted molar refractivity (Wildman–Crippen MR) is 116 cm³/mol. The van der Waals surface area contributed by atoms with Crippen LogP contribution in [0.3, 0.4) is 0 Å². The summed E-state index contributed by atoms with van der Waals surface area (Å²) < 4.78 is 69.8. The summed E-state index contributed by atoms with van der Waals surface area (Å²) in [4.78, 5) is 16.2. The molecule has 2 atom stereocenters. The van der Waals surface area contributed by atoms with Crippen molar-refractivity contribution >= 4 is 33.3 Å². The number of fused-ring (bicyclic) bond motifs is 1. The third-order valence-corrected chi connectivity index (χ3v) is 7.72. The van der Waals surface area contributed by atoms with E-state index in [4.69, 9.17) is 16.3 Å². The lowest BCUT2D eigenvalue weighted by molar-refractivity contribution is -0.153. The van der Waals surface area contributed by atoms with Gasteiger partial charge in [-0.2, -0.15) is 13.2 Å². The summed E-state index contributed by atoms with van der Waals surface area (Å²) in [5.74, 6) is 0.0449. The lowest BCUT2D eigenvalue weighted by Crippen LogP contribution is -2.40. The largest absolute Gasteiger partial charge is 0.484 e. The van der Waals surface area contributed by atoms with Crippen molar-refractivity contribution in [2.45, 2.75) is 36.0 Å². The van der Waals surface area contributed by atoms with Crippen LogP contribution in [0.5, 0.6) is 5.75 Å². The van der Waals surface area contributed by atoms with Crippen LogP contribution in [-0.4, -0.2) is 56.8 Å². The molecule has 2 amide bonds. The average Bonchev–Trinajstić information content (AvgIpc) is 3.17. The average molecular weight is 504 g/mol. The van der Waals surface area contributed by atoms with Crippen LogP contribution in [0, 0.1) is 0 Å². The minimum Gasteiger partial charge on any atom is -0.484 e. The van der Waals surface area contributed by atoms with Crippen LogP contribution in [0.4, 0.5) is 23.7 Å². The maximum atomic E-state index is 13.0. The van der Waals surface area contributed by atoms with Gasteiger partial charge in [-0.05, 0) is 49.7 Å². The number of urea groups is 1. The van der Waals surface area contributed by atoms with Crippen molar-refractivity contribution in [2.75, 3.05) is 24.6 Å². The number of halogens is 4. The van der Waals surface area contributed by atoms with Gasteiger partial charge in [0.1, 0.15) is 10.6 Å². The minimum atomic E-state index is -4.44. The molecule has 0 radical (unpaired) electrons. The van der Waals surface area contributed by atoms with Gasteiger partial charge in [0.2, 0.25) is 10.0 Å². The van der Waals surface area contributed by atoms with Crippen LogP contribution in [-0.2, 0) is 10.0 Å². The summed E-state index contributed by atoms with van der Waals surface area (Å²) in [6.07, 6.45) is -4.04. The molecule has 33 heavy (non-hydrogen) atoms. The molecule has 178 valence electrons. The van der Waals surface area contributed by atoms with Crippen molar-refractivity contribution < 1.29 is 31.1 Å². The number of hydrogen-bond acceptors (Lipinski definition) is 4. The zero-order valence-corrected chi connectivity index (χ0v) is 19.0.